The Morgan fingerprint density at radius 3 is 2.50 bits per heavy atom. The Bertz CT molecular complexity index is 647. The summed E-state index contributed by atoms with van der Waals surface area (Å²) in [4.78, 5) is 31.4. The molecule has 0 radical (unpaired) electrons. The summed E-state index contributed by atoms with van der Waals surface area (Å²) in [5, 5.41) is 0.409. The Labute approximate surface area is 91.6 Å². The van der Waals surface area contributed by atoms with Gasteiger partial charge in [-0.05, 0) is 17.0 Å². The molecule has 0 aliphatic heterocycles. The van der Waals surface area contributed by atoms with Gasteiger partial charge in [-0.15, -0.1) is 0 Å². The minimum atomic E-state index is -0.534. The van der Waals surface area contributed by atoms with E-state index < -0.39 is 11.2 Å². The molecule has 0 aliphatic carbocycles. The fourth-order valence-corrected chi connectivity index (χ4v) is 1.46. The quantitative estimate of drug-likeness (QED) is 0.691. The molecule has 84 valence electrons. The number of hydrogen-bond donors (Lipinski definition) is 2. The number of rotatable bonds is 0. The van der Waals surface area contributed by atoms with Gasteiger partial charge in [0.25, 0.3) is 5.56 Å². The van der Waals surface area contributed by atoms with E-state index >= 15 is 0 Å². The largest absolute Gasteiger partial charge is 0.327 e. The van der Waals surface area contributed by atoms with Gasteiger partial charge in [0.1, 0.15) is 5.65 Å². The van der Waals surface area contributed by atoms with Crippen LogP contribution in [0.2, 0.25) is 0 Å². The van der Waals surface area contributed by atoms with Crippen molar-refractivity contribution >= 4 is 11.0 Å². The van der Waals surface area contributed by atoms with Gasteiger partial charge in [-0.1, -0.05) is 20.8 Å². The smallest absolute Gasteiger partial charge is 0.291 e. The highest BCUT2D eigenvalue weighted by Gasteiger charge is 2.15. The minimum Gasteiger partial charge on any atom is -0.291 e. The summed E-state index contributed by atoms with van der Waals surface area (Å²) in [6.45, 7) is 6.11. The third-order valence-corrected chi connectivity index (χ3v) is 2.46. The van der Waals surface area contributed by atoms with Gasteiger partial charge < -0.3 is 0 Å². The van der Waals surface area contributed by atoms with Gasteiger partial charge in [-0.3, -0.25) is 14.8 Å². The lowest BCUT2D eigenvalue weighted by atomic mass is 9.88. The fraction of sp³-hybridized carbons (Fsp3) is 0.364. The van der Waals surface area contributed by atoms with E-state index in [0.29, 0.717) is 11.0 Å². The molecular weight excluding hydrogens is 206 g/mol. The average molecular weight is 219 g/mol. The van der Waals surface area contributed by atoms with E-state index in [1.54, 1.807) is 12.3 Å². The van der Waals surface area contributed by atoms with Gasteiger partial charge in [-0.25, -0.2) is 9.78 Å². The second-order valence-corrected chi connectivity index (χ2v) is 4.78. The summed E-state index contributed by atoms with van der Waals surface area (Å²) in [6, 6.07) is 1.76. The molecule has 2 N–H and O–H groups in total. The molecule has 0 unspecified atom stereocenters. The highest BCUT2D eigenvalue weighted by molar-refractivity contribution is 5.73. The number of H-pyrrole nitrogens is 2. The van der Waals surface area contributed by atoms with Crippen LogP contribution in [0.5, 0.6) is 0 Å². The Hall–Kier alpha value is -1.91. The van der Waals surface area contributed by atoms with Crippen LogP contribution in [0.4, 0.5) is 0 Å². The van der Waals surface area contributed by atoms with Crippen LogP contribution in [0.15, 0.2) is 21.9 Å². The zero-order valence-electron chi connectivity index (χ0n) is 9.42. The monoisotopic (exact) mass is 219 g/mol. The van der Waals surface area contributed by atoms with Crippen molar-refractivity contribution in [3.8, 4) is 0 Å². The zero-order chi connectivity index (χ0) is 11.9. The second kappa shape index (κ2) is 3.30. The summed E-state index contributed by atoms with van der Waals surface area (Å²) < 4.78 is 0. The number of hydrogen-bond acceptors (Lipinski definition) is 3. The van der Waals surface area contributed by atoms with E-state index in [1.165, 1.54) is 0 Å². The lowest BCUT2D eigenvalue weighted by molar-refractivity contribution is 0.588. The molecule has 2 aromatic rings. The van der Waals surface area contributed by atoms with E-state index in [-0.39, 0.29) is 5.41 Å². The van der Waals surface area contributed by atoms with Crippen LogP contribution in [0.1, 0.15) is 26.3 Å². The molecule has 0 bridgehead atoms. The Kier molecular flexibility index (Phi) is 2.18. The number of aromatic amines is 2. The molecule has 5 nitrogen and oxygen atoms in total. The molecule has 0 spiro atoms. The second-order valence-electron chi connectivity index (χ2n) is 4.78. The SMILES string of the molecule is CC(C)(C)c1cnc2[nH]c(=O)[nH]c(=O)c2c1. The Balaban J connectivity index is 2.82. The number of nitrogens with one attached hydrogen (secondary N) is 2. The van der Waals surface area contributed by atoms with Crippen molar-refractivity contribution in [3.05, 3.63) is 38.7 Å². The summed E-state index contributed by atoms with van der Waals surface area (Å²) in [6.07, 6.45) is 1.68. The molecule has 0 saturated heterocycles. The molecule has 0 amide bonds. The van der Waals surface area contributed by atoms with E-state index in [2.05, 4.69) is 15.0 Å². The average Bonchev–Trinajstić information content (AvgIpc) is 2.15. The fourth-order valence-electron chi connectivity index (χ4n) is 1.46. The van der Waals surface area contributed by atoms with Crippen LogP contribution < -0.4 is 11.2 Å². The van der Waals surface area contributed by atoms with Crippen molar-refractivity contribution in [3.63, 3.8) is 0 Å². The summed E-state index contributed by atoms with van der Waals surface area (Å²) >= 11 is 0. The molecule has 0 aromatic carbocycles. The van der Waals surface area contributed by atoms with Crippen molar-refractivity contribution in [2.45, 2.75) is 26.2 Å². The third kappa shape index (κ3) is 1.76. The summed E-state index contributed by atoms with van der Waals surface area (Å²) in [7, 11) is 0. The van der Waals surface area contributed by atoms with Gasteiger partial charge in [0, 0.05) is 6.20 Å². The maximum absolute atomic E-state index is 11.6. The maximum atomic E-state index is 11.6. The molecule has 5 heteroatoms. The van der Waals surface area contributed by atoms with Crippen molar-refractivity contribution in [2.75, 3.05) is 0 Å². The predicted molar refractivity (Wildman–Crippen MR) is 61.7 cm³/mol. The highest BCUT2D eigenvalue weighted by Crippen LogP contribution is 2.22. The topological polar surface area (TPSA) is 78.6 Å². The van der Waals surface area contributed by atoms with Crippen molar-refractivity contribution in [1.82, 2.24) is 15.0 Å². The standard InChI is InChI=1S/C11H13N3O2/c1-11(2,3)6-4-7-8(12-5-6)13-10(16)14-9(7)15/h4-5H,1-3H3,(H2,12,13,14,15,16). The number of pyridine rings is 1. The molecule has 0 saturated carbocycles. The first kappa shape index (κ1) is 10.6. The van der Waals surface area contributed by atoms with Crippen molar-refractivity contribution in [2.24, 2.45) is 0 Å². The van der Waals surface area contributed by atoms with Crippen molar-refractivity contribution < 1.29 is 0 Å². The van der Waals surface area contributed by atoms with Crippen LogP contribution in [0.25, 0.3) is 11.0 Å². The normalized spacial score (nSPS) is 11.9. The molecule has 16 heavy (non-hydrogen) atoms. The van der Waals surface area contributed by atoms with Crippen LogP contribution >= 0.6 is 0 Å². The molecule has 2 rings (SSSR count). The molecular formula is C11H13N3O2. The van der Waals surface area contributed by atoms with Gasteiger partial charge in [0.05, 0.1) is 5.39 Å². The number of fused-ring (bicyclic) bond motifs is 1. The van der Waals surface area contributed by atoms with Crippen LogP contribution in [-0.4, -0.2) is 15.0 Å². The molecule has 0 atom stereocenters. The van der Waals surface area contributed by atoms with E-state index in [0.717, 1.165) is 5.56 Å². The van der Waals surface area contributed by atoms with E-state index in [1.807, 2.05) is 20.8 Å². The number of aromatic nitrogens is 3. The first-order valence-electron chi connectivity index (χ1n) is 5.01. The lowest BCUT2D eigenvalue weighted by Gasteiger charge is -2.18. The first-order valence-corrected chi connectivity index (χ1v) is 5.01. The van der Waals surface area contributed by atoms with Gasteiger partial charge in [-0.2, -0.15) is 0 Å². The van der Waals surface area contributed by atoms with Gasteiger partial charge >= 0.3 is 5.69 Å². The highest BCUT2D eigenvalue weighted by atomic mass is 16.2. The lowest BCUT2D eigenvalue weighted by Crippen LogP contribution is -2.23. The van der Waals surface area contributed by atoms with Crippen LogP contribution in [0.3, 0.4) is 0 Å². The van der Waals surface area contributed by atoms with E-state index in [4.69, 9.17) is 0 Å². The first-order chi connectivity index (χ1) is 7.38. The van der Waals surface area contributed by atoms with E-state index in [9.17, 15) is 9.59 Å². The molecule has 2 heterocycles. The zero-order valence-corrected chi connectivity index (χ0v) is 9.42. The van der Waals surface area contributed by atoms with Crippen LogP contribution in [0, 0.1) is 0 Å². The Morgan fingerprint density at radius 2 is 1.88 bits per heavy atom. The predicted octanol–water partition coefficient (Wildman–Crippen LogP) is 0.909. The van der Waals surface area contributed by atoms with Crippen molar-refractivity contribution in [1.29, 1.82) is 0 Å². The Morgan fingerprint density at radius 1 is 1.19 bits per heavy atom. The molecule has 0 fully saturated rings. The third-order valence-electron chi connectivity index (χ3n) is 2.46. The molecule has 2 aromatic heterocycles. The van der Waals surface area contributed by atoms with Gasteiger partial charge in [0.15, 0.2) is 0 Å². The van der Waals surface area contributed by atoms with Crippen LogP contribution in [-0.2, 0) is 5.41 Å². The number of nitrogens with zero attached hydrogens (tertiary/aromatic N) is 1. The summed E-state index contributed by atoms with van der Waals surface area (Å²) in [5.41, 5.74) is 0.259. The maximum Gasteiger partial charge on any atom is 0.327 e. The minimum absolute atomic E-state index is 0.0796. The molecule has 0 aliphatic rings. The van der Waals surface area contributed by atoms with Gasteiger partial charge in [0.2, 0.25) is 0 Å². The summed E-state index contributed by atoms with van der Waals surface area (Å²) in [5.74, 6) is 0.